The number of rotatable bonds is 11. The van der Waals surface area contributed by atoms with Crippen LogP contribution >= 0.6 is 0 Å². The second-order valence-corrected chi connectivity index (χ2v) is 9.87. The maximum absolute atomic E-state index is 14.5. The van der Waals surface area contributed by atoms with Crippen molar-refractivity contribution in [3.63, 3.8) is 0 Å². The molecule has 0 bridgehead atoms. The van der Waals surface area contributed by atoms with Crippen molar-refractivity contribution in [2.75, 3.05) is 0 Å². The Hall–Kier alpha value is -3.71. The lowest BCUT2D eigenvalue weighted by atomic mass is 9.93. The normalized spacial score (nSPS) is 12.4. The number of aryl methyl sites for hydroxylation is 3. The van der Waals surface area contributed by atoms with Crippen LogP contribution in [-0.2, 0) is 25.7 Å². The van der Waals surface area contributed by atoms with E-state index in [2.05, 4.69) is 91.9 Å². The van der Waals surface area contributed by atoms with Crippen molar-refractivity contribution in [1.29, 1.82) is 0 Å². The third-order valence-corrected chi connectivity index (χ3v) is 6.97. The predicted octanol–water partition coefficient (Wildman–Crippen LogP) is 9.64. The smallest absolute Gasteiger partial charge is 0.130 e. The van der Waals surface area contributed by atoms with Crippen LogP contribution in [0.25, 0.3) is 12.2 Å². The molecule has 0 N–H and O–H groups in total. The van der Waals surface area contributed by atoms with Crippen molar-refractivity contribution < 1.29 is 4.39 Å². The fourth-order valence-electron chi connectivity index (χ4n) is 4.64. The molecule has 0 aliphatic rings. The molecule has 4 aromatic rings. The summed E-state index contributed by atoms with van der Waals surface area (Å²) in [6.45, 7) is 4.30. The molecule has 0 aromatic heterocycles. The van der Waals surface area contributed by atoms with E-state index in [1.54, 1.807) is 6.07 Å². The van der Waals surface area contributed by atoms with Gasteiger partial charge in [-0.2, -0.15) is 0 Å². The van der Waals surface area contributed by atoms with Crippen LogP contribution in [0.2, 0.25) is 0 Å². The number of hydrogen-bond acceptors (Lipinski definition) is 0. The fraction of sp³-hybridized carbons (Fsp3) is 0.222. The van der Waals surface area contributed by atoms with E-state index in [0.29, 0.717) is 11.5 Å². The molecule has 0 nitrogen and oxygen atoms in total. The lowest BCUT2D eigenvalue weighted by Gasteiger charge is -2.12. The molecule has 0 saturated carbocycles. The highest BCUT2D eigenvalue weighted by Gasteiger charge is 2.06. The average molecular weight is 489 g/mol. The van der Waals surface area contributed by atoms with Crippen molar-refractivity contribution in [3.05, 3.63) is 154 Å². The molecule has 0 unspecified atom stereocenters. The van der Waals surface area contributed by atoms with Crippen LogP contribution in [0.3, 0.4) is 0 Å². The Morgan fingerprint density at radius 2 is 1.30 bits per heavy atom. The number of allylic oxidation sites excluding steroid dienone is 2. The zero-order valence-electron chi connectivity index (χ0n) is 22.0. The Morgan fingerprint density at radius 3 is 1.95 bits per heavy atom. The van der Waals surface area contributed by atoms with Crippen molar-refractivity contribution in [3.8, 4) is 0 Å². The minimum Gasteiger partial charge on any atom is -0.206 e. The summed E-state index contributed by atoms with van der Waals surface area (Å²) in [6.07, 6.45) is 12.9. The molecule has 0 amide bonds. The standard InChI is InChI=1S/C36H37F/c1-3-4-6-9-32-23-25-35(36(37)27-32)24-22-31-16-14-29(15-17-31)12-13-30-18-20-33(21-19-30)26-28(2)34-10-7-5-8-11-34/h3-5,7-8,10-11,14-25,27-28H,6,9,12-13,26H2,1-2H3/t28-/m0/s1. The molecule has 0 aliphatic heterocycles. The summed E-state index contributed by atoms with van der Waals surface area (Å²) in [4.78, 5) is 0. The van der Waals surface area contributed by atoms with Gasteiger partial charge < -0.3 is 0 Å². The van der Waals surface area contributed by atoms with E-state index in [1.807, 2.05) is 37.3 Å². The van der Waals surface area contributed by atoms with Gasteiger partial charge >= 0.3 is 0 Å². The molecular weight excluding hydrogens is 451 g/mol. The first-order valence-corrected chi connectivity index (χ1v) is 13.4. The van der Waals surface area contributed by atoms with Gasteiger partial charge in [-0.05, 0) is 84.4 Å². The highest BCUT2D eigenvalue weighted by molar-refractivity contribution is 5.70. The Morgan fingerprint density at radius 1 is 0.676 bits per heavy atom. The molecule has 1 atom stereocenters. The van der Waals surface area contributed by atoms with Gasteiger partial charge in [0.15, 0.2) is 0 Å². The molecule has 0 heterocycles. The Balaban J connectivity index is 1.27. The molecule has 4 rings (SSSR count). The quantitative estimate of drug-likeness (QED) is 0.146. The van der Waals surface area contributed by atoms with Crippen LogP contribution in [0.4, 0.5) is 4.39 Å². The molecule has 188 valence electrons. The maximum atomic E-state index is 14.5. The first-order valence-electron chi connectivity index (χ1n) is 13.4. The molecule has 37 heavy (non-hydrogen) atoms. The van der Waals surface area contributed by atoms with E-state index < -0.39 is 0 Å². The van der Waals surface area contributed by atoms with Crippen LogP contribution in [0.1, 0.15) is 65.1 Å². The van der Waals surface area contributed by atoms with Crippen molar-refractivity contribution in [1.82, 2.24) is 0 Å². The molecule has 4 aromatic carbocycles. The molecular formula is C36H37F. The summed E-state index contributed by atoms with van der Waals surface area (Å²) in [5.41, 5.74) is 8.20. The Kier molecular flexibility index (Phi) is 9.66. The zero-order chi connectivity index (χ0) is 25.9. The Bertz CT molecular complexity index is 1300. The molecule has 0 spiro atoms. The van der Waals surface area contributed by atoms with E-state index >= 15 is 0 Å². The van der Waals surface area contributed by atoms with Crippen molar-refractivity contribution >= 4 is 12.2 Å². The van der Waals surface area contributed by atoms with Gasteiger partial charge in [0.25, 0.3) is 0 Å². The minimum absolute atomic E-state index is 0.161. The van der Waals surface area contributed by atoms with Gasteiger partial charge in [-0.15, -0.1) is 0 Å². The van der Waals surface area contributed by atoms with E-state index in [-0.39, 0.29) is 5.82 Å². The summed E-state index contributed by atoms with van der Waals surface area (Å²) in [5, 5.41) is 0. The summed E-state index contributed by atoms with van der Waals surface area (Å²) < 4.78 is 14.5. The summed E-state index contributed by atoms with van der Waals surface area (Å²) in [5.74, 6) is 0.357. The topological polar surface area (TPSA) is 0 Å². The zero-order valence-corrected chi connectivity index (χ0v) is 22.0. The number of halogens is 1. The fourth-order valence-corrected chi connectivity index (χ4v) is 4.64. The number of hydrogen-bond donors (Lipinski definition) is 0. The average Bonchev–Trinajstić information content (AvgIpc) is 2.93. The molecule has 0 radical (unpaired) electrons. The van der Waals surface area contributed by atoms with Crippen molar-refractivity contribution in [2.24, 2.45) is 0 Å². The minimum atomic E-state index is -0.161. The van der Waals surface area contributed by atoms with Gasteiger partial charge in [0, 0.05) is 5.56 Å². The van der Waals surface area contributed by atoms with E-state index in [9.17, 15) is 4.39 Å². The third kappa shape index (κ3) is 8.15. The highest BCUT2D eigenvalue weighted by Crippen LogP contribution is 2.21. The van der Waals surface area contributed by atoms with Gasteiger partial charge in [0.2, 0.25) is 0 Å². The first-order chi connectivity index (χ1) is 18.1. The molecule has 0 aliphatic carbocycles. The van der Waals surface area contributed by atoms with Gasteiger partial charge in [0.1, 0.15) is 5.82 Å². The summed E-state index contributed by atoms with van der Waals surface area (Å²) in [6, 6.07) is 33.9. The largest absolute Gasteiger partial charge is 0.206 e. The van der Waals surface area contributed by atoms with Gasteiger partial charge in [-0.3, -0.25) is 0 Å². The van der Waals surface area contributed by atoms with Crippen LogP contribution in [-0.4, -0.2) is 0 Å². The predicted molar refractivity (Wildman–Crippen MR) is 157 cm³/mol. The lowest BCUT2D eigenvalue weighted by molar-refractivity contribution is 0.622. The first kappa shape index (κ1) is 26.4. The van der Waals surface area contributed by atoms with Crippen molar-refractivity contribution in [2.45, 2.75) is 51.9 Å². The van der Waals surface area contributed by atoms with Gasteiger partial charge in [-0.1, -0.05) is 122 Å². The monoisotopic (exact) mass is 488 g/mol. The lowest BCUT2D eigenvalue weighted by Crippen LogP contribution is -1.99. The highest BCUT2D eigenvalue weighted by atomic mass is 19.1. The molecule has 1 heteroatoms. The van der Waals surface area contributed by atoms with Gasteiger partial charge in [-0.25, -0.2) is 4.39 Å². The van der Waals surface area contributed by atoms with E-state index in [0.717, 1.165) is 43.2 Å². The van der Waals surface area contributed by atoms with Crippen LogP contribution < -0.4 is 0 Å². The Labute approximate surface area is 222 Å². The summed E-state index contributed by atoms with van der Waals surface area (Å²) >= 11 is 0. The maximum Gasteiger partial charge on any atom is 0.130 e. The number of benzene rings is 4. The van der Waals surface area contributed by atoms with Crippen LogP contribution in [0.5, 0.6) is 0 Å². The van der Waals surface area contributed by atoms with Crippen LogP contribution in [0, 0.1) is 5.82 Å². The second kappa shape index (κ2) is 13.6. The molecule has 0 fully saturated rings. The van der Waals surface area contributed by atoms with Gasteiger partial charge in [0.05, 0.1) is 0 Å². The molecule has 0 saturated heterocycles. The van der Waals surface area contributed by atoms with E-state index in [4.69, 9.17) is 0 Å². The SMILES string of the molecule is CC=CCCc1ccc(C=Cc2ccc(CCc3ccc(C[C@H](C)c4ccccc4)cc3)cc2)c(F)c1. The van der Waals surface area contributed by atoms with Crippen LogP contribution in [0.15, 0.2) is 109 Å². The third-order valence-electron chi connectivity index (χ3n) is 6.97. The second-order valence-electron chi connectivity index (χ2n) is 9.87. The summed E-state index contributed by atoms with van der Waals surface area (Å²) in [7, 11) is 0. The van der Waals surface area contributed by atoms with E-state index in [1.165, 1.54) is 22.3 Å².